The van der Waals surface area contributed by atoms with Gasteiger partial charge in [-0.25, -0.2) is 0 Å². The van der Waals surface area contributed by atoms with E-state index < -0.39 is 0 Å². The number of rotatable bonds is 3. The van der Waals surface area contributed by atoms with Crippen molar-refractivity contribution in [3.63, 3.8) is 0 Å². The highest BCUT2D eigenvalue weighted by Crippen LogP contribution is 1.85. The molecular formula is C7H10N2O2. The Bertz CT molecular complexity index is 218. The molecule has 0 aliphatic rings. The van der Waals surface area contributed by atoms with E-state index in [4.69, 9.17) is 4.74 Å². The number of esters is 1. The minimum absolute atomic E-state index is 0.253. The van der Waals surface area contributed by atoms with E-state index in [0.717, 1.165) is 0 Å². The van der Waals surface area contributed by atoms with Crippen LogP contribution in [0.25, 0.3) is 0 Å². The third-order valence-electron chi connectivity index (χ3n) is 1.18. The minimum Gasteiger partial charge on any atom is -0.464 e. The monoisotopic (exact) mass is 154 g/mol. The van der Waals surface area contributed by atoms with Gasteiger partial charge >= 0.3 is 5.97 Å². The molecule has 0 aliphatic carbocycles. The van der Waals surface area contributed by atoms with Crippen LogP contribution in [0.5, 0.6) is 0 Å². The summed E-state index contributed by atoms with van der Waals surface area (Å²) in [5, 5.41) is 3.94. The predicted molar refractivity (Wildman–Crippen MR) is 38.9 cm³/mol. The van der Waals surface area contributed by atoms with Gasteiger partial charge in [-0.3, -0.25) is 9.48 Å². The summed E-state index contributed by atoms with van der Waals surface area (Å²) in [4.78, 5) is 10.3. The molecule has 0 N–H and O–H groups in total. The summed E-state index contributed by atoms with van der Waals surface area (Å²) in [5.41, 5.74) is 0. The first-order valence-electron chi connectivity index (χ1n) is 3.40. The number of carbonyl (C=O) groups is 1. The van der Waals surface area contributed by atoms with Crippen molar-refractivity contribution in [2.24, 2.45) is 0 Å². The van der Waals surface area contributed by atoms with E-state index in [1.54, 1.807) is 10.9 Å². The van der Waals surface area contributed by atoms with Gasteiger partial charge in [0.25, 0.3) is 0 Å². The lowest BCUT2D eigenvalue weighted by Gasteiger charge is -2.00. The lowest BCUT2D eigenvalue weighted by molar-refractivity contribution is -0.141. The maximum Gasteiger partial charge on any atom is 0.302 e. The van der Waals surface area contributed by atoms with Crippen molar-refractivity contribution in [3.05, 3.63) is 18.5 Å². The quantitative estimate of drug-likeness (QED) is 0.593. The Morgan fingerprint density at radius 2 is 2.55 bits per heavy atom. The van der Waals surface area contributed by atoms with Crippen molar-refractivity contribution in [2.45, 2.75) is 13.5 Å². The molecule has 4 heteroatoms. The minimum atomic E-state index is -0.253. The maximum absolute atomic E-state index is 10.3. The molecule has 0 fully saturated rings. The smallest absolute Gasteiger partial charge is 0.302 e. The third-order valence-corrected chi connectivity index (χ3v) is 1.18. The number of hydrogen-bond acceptors (Lipinski definition) is 3. The van der Waals surface area contributed by atoms with Gasteiger partial charge in [-0.15, -0.1) is 0 Å². The topological polar surface area (TPSA) is 44.1 Å². The van der Waals surface area contributed by atoms with Crippen LogP contribution >= 0.6 is 0 Å². The zero-order valence-electron chi connectivity index (χ0n) is 6.36. The van der Waals surface area contributed by atoms with Crippen LogP contribution in [0.2, 0.25) is 0 Å². The van der Waals surface area contributed by atoms with Gasteiger partial charge in [0.2, 0.25) is 0 Å². The molecule has 0 saturated carbocycles. The summed E-state index contributed by atoms with van der Waals surface area (Å²) in [5.74, 6) is -0.253. The van der Waals surface area contributed by atoms with Crippen molar-refractivity contribution in [3.8, 4) is 0 Å². The highest BCUT2D eigenvalue weighted by atomic mass is 16.5. The van der Waals surface area contributed by atoms with E-state index in [0.29, 0.717) is 13.2 Å². The van der Waals surface area contributed by atoms with E-state index in [9.17, 15) is 4.79 Å². The lowest BCUT2D eigenvalue weighted by Crippen LogP contribution is -2.08. The van der Waals surface area contributed by atoms with Gasteiger partial charge in [0, 0.05) is 19.3 Å². The second-order valence-electron chi connectivity index (χ2n) is 2.11. The number of carbonyl (C=O) groups excluding carboxylic acids is 1. The van der Waals surface area contributed by atoms with Crippen LogP contribution in [0, 0.1) is 0 Å². The Morgan fingerprint density at radius 3 is 3.09 bits per heavy atom. The molecule has 0 aromatic carbocycles. The first kappa shape index (κ1) is 7.78. The van der Waals surface area contributed by atoms with E-state index in [1.165, 1.54) is 6.92 Å². The molecule has 0 amide bonds. The van der Waals surface area contributed by atoms with Gasteiger partial charge in [-0.1, -0.05) is 0 Å². The van der Waals surface area contributed by atoms with E-state index >= 15 is 0 Å². The van der Waals surface area contributed by atoms with Crippen LogP contribution in [-0.2, 0) is 16.1 Å². The Balaban J connectivity index is 2.19. The Hall–Kier alpha value is -1.32. The first-order valence-corrected chi connectivity index (χ1v) is 3.40. The highest BCUT2D eigenvalue weighted by molar-refractivity contribution is 5.65. The van der Waals surface area contributed by atoms with Crippen molar-refractivity contribution < 1.29 is 9.53 Å². The number of ether oxygens (including phenoxy) is 1. The molecule has 0 radical (unpaired) electrons. The van der Waals surface area contributed by atoms with Gasteiger partial charge in [-0.05, 0) is 6.07 Å². The third kappa shape index (κ3) is 2.84. The number of hydrogen-bond donors (Lipinski definition) is 0. The predicted octanol–water partition coefficient (Wildman–Crippen LogP) is 0.446. The SMILES string of the molecule is CC(=O)OCCn1cccn1. The second-order valence-corrected chi connectivity index (χ2v) is 2.11. The molecule has 0 bridgehead atoms. The average molecular weight is 154 g/mol. The molecule has 4 nitrogen and oxygen atoms in total. The fraction of sp³-hybridized carbons (Fsp3) is 0.429. The summed E-state index contributed by atoms with van der Waals surface area (Å²) >= 11 is 0. The van der Waals surface area contributed by atoms with Crippen LogP contribution in [0.4, 0.5) is 0 Å². The largest absolute Gasteiger partial charge is 0.464 e. The Morgan fingerprint density at radius 1 is 1.73 bits per heavy atom. The Labute approximate surface area is 64.8 Å². The maximum atomic E-state index is 10.3. The van der Waals surface area contributed by atoms with Crippen molar-refractivity contribution in [2.75, 3.05) is 6.61 Å². The molecule has 0 atom stereocenters. The molecule has 1 heterocycles. The van der Waals surface area contributed by atoms with Crippen molar-refractivity contribution >= 4 is 5.97 Å². The van der Waals surface area contributed by atoms with Gasteiger partial charge in [0.1, 0.15) is 6.61 Å². The van der Waals surface area contributed by atoms with Gasteiger partial charge in [-0.2, -0.15) is 5.10 Å². The highest BCUT2D eigenvalue weighted by Gasteiger charge is 1.92. The lowest BCUT2D eigenvalue weighted by atomic mass is 10.6. The fourth-order valence-electron chi connectivity index (χ4n) is 0.716. The summed E-state index contributed by atoms with van der Waals surface area (Å²) < 4.78 is 6.43. The van der Waals surface area contributed by atoms with Gasteiger partial charge < -0.3 is 4.74 Å². The summed E-state index contributed by atoms with van der Waals surface area (Å²) in [6.45, 7) is 2.40. The normalized spacial score (nSPS) is 9.55. The molecule has 1 aromatic heterocycles. The molecule has 1 aromatic rings. The van der Waals surface area contributed by atoms with Crippen molar-refractivity contribution in [1.82, 2.24) is 9.78 Å². The van der Waals surface area contributed by atoms with E-state index in [1.807, 2.05) is 12.3 Å². The van der Waals surface area contributed by atoms with Gasteiger partial charge in [0.15, 0.2) is 0 Å². The van der Waals surface area contributed by atoms with Crippen LogP contribution < -0.4 is 0 Å². The fourth-order valence-corrected chi connectivity index (χ4v) is 0.716. The summed E-state index contributed by atoms with van der Waals surface area (Å²) in [6.07, 6.45) is 3.51. The first-order chi connectivity index (χ1) is 5.29. The number of aromatic nitrogens is 2. The molecule has 0 spiro atoms. The second kappa shape index (κ2) is 3.75. The molecule has 0 saturated heterocycles. The van der Waals surface area contributed by atoms with Crippen molar-refractivity contribution in [1.29, 1.82) is 0 Å². The van der Waals surface area contributed by atoms with Crippen LogP contribution in [0.3, 0.4) is 0 Å². The zero-order chi connectivity index (χ0) is 8.10. The van der Waals surface area contributed by atoms with E-state index in [2.05, 4.69) is 5.10 Å². The summed E-state index contributed by atoms with van der Waals surface area (Å²) in [7, 11) is 0. The zero-order valence-corrected chi connectivity index (χ0v) is 6.36. The van der Waals surface area contributed by atoms with Crippen LogP contribution in [0.1, 0.15) is 6.92 Å². The molecule has 60 valence electrons. The number of nitrogens with zero attached hydrogens (tertiary/aromatic N) is 2. The molecule has 0 unspecified atom stereocenters. The standard InChI is InChI=1S/C7H10N2O2/c1-7(10)11-6-5-9-4-2-3-8-9/h2-4H,5-6H2,1H3. The molecular weight excluding hydrogens is 144 g/mol. The van der Waals surface area contributed by atoms with E-state index in [-0.39, 0.29) is 5.97 Å². The van der Waals surface area contributed by atoms with Gasteiger partial charge in [0.05, 0.1) is 6.54 Å². The molecule has 1 rings (SSSR count). The molecule has 0 aliphatic heterocycles. The van der Waals surface area contributed by atoms with Crippen LogP contribution in [-0.4, -0.2) is 22.4 Å². The summed E-state index contributed by atoms with van der Waals surface area (Å²) in [6, 6.07) is 1.83. The van der Waals surface area contributed by atoms with Crippen LogP contribution in [0.15, 0.2) is 18.5 Å². The Kier molecular flexibility index (Phi) is 2.66. The molecule has 11 heavy (non-hydrogen) atoms. The average Bonchev–Trinajstić information content (AvgIpc) is 2.39.